The number of nitrogens with two attached hydrogens (primary N) is 1. The second kappa shape index (κ2) is 7.13. The second-order valence-electron chi connectivity index (χ2n) is 3.44. The first-order chi connectivity index (χ1) is 8.15. The lowest BCUT2D eigenvalue weighted by molar-refractivity contribution is 0.115. The molecule has 94 valence electrons. The molecule has 17 heavy (non-hydrogen) atoms. The molecule has 0 heterocycles. The summed E-state index contributed by atoms with van der Waals surface area (Å²) in [5.41, 5.74) is 6.39. The fourth-order valence-corrected chi connectivity index (χ4v) is 1.62. The number of nitrogens with zero attached hydrogens (tertiary/aromatic N) is 1. The predicted octanol–water partition coefficient (Wildman–Crippen LogP) is 2.01. The number of ether oxygens (including phenoxy) is 1. The summed E-state index contributed by atoms with van der Waals surface area (Å²) in [6.07, 6.45) is -0.388. The fraction of sp³-hybridized carbons (Fsp3) is 0.364. The Morgan fingerprint density at radius 1 is 1.59 bits per heavy atom. The molecule has 1 aromatic rings. The number of rotatable bonds is 6. The molecule has 6 heteroatoms. The summed E-state index contributed by atoms with van der Waals surface area (Å²) in [7, 11) is 0. The maximum atomic E-state index is 8.44. The average Bonchev–Trinajstić information content (AvgIpc) is 2.35. The third kappa shape index (κ3) is 4.62. The second-order valence-corrected chi connectivity index (χ2v) is 4.30. The van der Waals surface area contributed by atoms with Gasteiger partial charge in [-0.3, -0.25) is 0 Å². The Morgan fingerprint density at radius 2 is 2.29 bits per heavy atom. The van der Waals surface area contributed by atoms with Crippen molar-refractivity contribution in [3.05, 3.63) is 28.7 Å². The van der Waals surface area contributed by atoms with Gasteiger partial charge in [0.25, 0.3) is 0 Å². The molecule has 5 nitrogen and oxygen atoms in total. The van der Waals surface area contributed by atoms with Crippen molar-refractivity contribution in [2.45, 2.75) is 13.0 Å². The van der Waals surface area contributed by atoms with E-state index in [1.54, 1.807) is 6.92 Å². The van der Waals surface area contributed by atoms with Crippen molar-refractivity contribution in [3.63, 3.8) is 0 Å². The molecule has 0 amide bonds. The first-order valence-electron chi connectivity index (χ1n) is 5.22. The summed E-state index contributed by atoms with van der Waals surface area (Å²) < 4.78 is 6.37. The van der Waals surface area contributed by atoms with Gasteiger partial charge in [0.1, 0.15) is 6.10 Å². The van der Waals surface area contributed by atoms with Crippen LogP contribution in [0.25, 0.3) is 0 Å². The molecule has 0 saturated heterocycles. The van der Waals surface area contributed by atoms with Gasteiger partial charge >= 0.3 is 0 Å². The number of para-hydroxylation sites is 1. The van der Waals surface area contributed by atoms with Gasteiger partial charge in [-0.15, -0.1) is 0 Å². The zero-order valence-corrected chi connectivity index (χ0v) is 11.1. The summed E-state index contributed by atoms with van der Waals surface area (Å²) in [6, 6.07) is 7.83. The molecule has 1 aromatic carbocycles. The highest BCUT2D eigenvalue weighted by Crippen LogP contribution is 2.20. The van der Waals surface area contributed by atoms with E-state index in [4.69, 9.17) is 15.7 Å². The number of halogens is 1. The zero-order chi connectivity index (χ0) is 12.7. The summed E-state index contributed by atoms with van der Waals surface area (Å²) in [4.78, 5) is 0. The van der Waals surface area contributed by atoms with Crippen LogP contribution in [0.15, 0.2) is 33.9 Å². The molecule has 0 bridgehead atoms. The summed E-state index contributed by atoms with van der Waals surface area (Å²) in [6.45, 7) is 2.85. The molecular formula is C11H16BrN3O2. The molecule has 0 radical (unpaired) electrons. The van der Waals surface area contributed by atoms with Crippen LogP contribution in [0.4, 0.5) is 5.69 Å². The molecular weight excluding hydrogens is 286 g/mol. The highest BCUT2D eigenvalue weighted by atomic mass is 79.9. The average molecular weight is 302 g/mol. The summed E-state index contributed by atoms with van der Waals surface area (Å²) in [5.74, 6) is 0.0749. The van der Waals surface area contributed by atoms with Crippen molar-refractivity contribution in [1.82, 2.24) is 0 Å². The van der Waals surface area contributed by atoms with E-state index in [0.29, 0.717) is 13.2 Å². The van der Waals surface area contributed by atoms with Gasteiger partial charge in [0.2, 0.25) is 0 Å². The zero-order valence-electron chi connectivity index (χ0n) is 9.56. The highest BCUT2D eigenvalue weighted by Gasteiger charge is 2.06. The lowest BCUT2D eigenvalue weighted by atomic mass is 10.3. The van der Waals surface area contributed by atoms with E-state index in [1.807, 2.05) is 24.3 Å². The summed E-state index contributed by atoms with van der Waals surface area (Å²) in [5, 5.41) is 14.5. The Hall–Kier alpha value is -1.27. The van der Waals surface area contributed by atoms with Crippen LogP contribution in [0.1, 0.15) is 6.92 Å². The lowest BCUT2D eigenvalue weighted by Gasteiger charge is -2.12. The quantitative estimate of drug-likeness (QED) is 0.247. The largest absolute Gasteiger partial charge is 0.409 e. The van der Waals surface area contributed by atoms with E-state index < -0.39 is 0 Å². The topological polar surface area (TPSA) is 79.9 Å². The minimum Gasteiger partial charge on any atom is -0.409 e. The van der Waals surface area contributed by atoms with Crippen molar-refractivity contribution < 1.29 is 9.94 Å². The van der Waals surface area contributed by atoms with Gasteiger partial charge < -0.3 is 21.0 Å². The number of amidine groups is 1. The monoisotopic (exact) mass is 301 g/mol. The maximum absolute atomic E-state index is 8.44. The Labute approximate surface area is 109 Å². The number of benzene rings is 1. The van der Waals surface area contributed by atoms with Gasteiger partial charge in [0.15, 0.2) is 5.84 Å². The van der Waals surface area contributed by atoms with Crippen LogP contribution in [-0.2, 0) is 4.74 Å². The highest BCUT2D eigenvalue weighted by molar-refractivity contribution is 9.10. The molecule has 1 rings (SSSR count). The lowest BCUT2D eigenvalue weighted by Crippen LogP contribution is -2.30. The van der Waals surface area contributed by atoms with Crippen LogP contribution in [-0.4, -0.2) is 30.3 Å². The summed E-state index contributed by atoms with van der Waals surface area (Å²) >= 11 is 3.44. The molecule has 1 unspecified atom stereocenters. The third-order valence-corrected chi connectivity index (χ3v) is 2.88. The number of hydrogen-bond acceptors (Lipinski definition) is 4. The maximum Gasteiger partial charge on any atom is 0.168 e. The molecule has 0 aromatic heterocycles. The van der Waals surface area contributed by atoms with Crippen molar-refractivity contribution in [3.8, 4) is 0 Å². The van der Waals surface area contributed by atoms with Crippen LogP contribution in [0.5, 0.6) is 0 Å². The Morgan fingerprint density at radius 3 is 2.94 bits per heavy atom. The van der Waals surface area contributed by atoms with Crippen LogP contribution in [0.2, 0.25) is 0 Å². The van der Waals surface area contributed by atoms with Crippen molar-refractivity contribution in [2.24, 2.45) is 10.9 Å². The van der Waals surface area contributed by atoms with Crippen LogP contribution >= 0.6 is 15.9 Å². The van der Waals surface area contributed by atoms with E-state index in [2.05, 4.69) is 26.4 Å². The van der Waals surface area contributed by atoms with Gasteiger partial charge in [-0.2, -0.15) is 0 Å². The molecule has 0 saturated carbocycles. The first-order valence-corrected chi connectivity index (χ1v) is 6.02. The molecule has 0 spiro atoms. The van der Waals surface area contributed by atoms with Crippen molar-refractivity contribution in [1.29, 1.82) is 0 Å². The number of hydrogen-bond donors (Lipinski definition) is 3. The molecule has 0 fully saturated rings. The Balaban J connectivity index is 2.28. The van der Waals surface area contributed by atoms with Crippen molar-refractivity contribution in [2.75, 3.05) is 18.5 Å². The van der Waals surface area contributed by atoms with Gasteiger partial charge in [0, 0.05) is 16.7 Å². The van der Waals surface area contributed by atoms with Crippen LogP contribution in [0.3, 0.4) is 0 Å². The number of anilines is 1. The van der Waals surface area contributed by atoms with E-state index in [-0.39, 0.29) is 11.9 Å². The third-order valence-electron chi connectivity index (χ3n) is 2.19. The number of oxime groups is 1. The fourth-order valence-electron chi connectivity index (χ4n) is 1.19. The van der Waals surface area contributed by atoms with Gasteiger partial charge in [-0.05, 0) is 35.0 Å². The molecule has 0 aliphatic heterocycles. The molecule has 0 aliphatic rings. The SMILES string of the molecule is CC(OCCNc1ccccc1Br)/C(N)=N/O. The minimum atomic E-state index is -0.388. The van der Waals surface area contributed by atoms with Gasteiger partial charge in [0.05, 0.1) is 6.61 Å². The predicted molar refractivity (Wildman–Crippen MR) is 71.5 cm³/mol. The van der Waals surface area contributed by atoms with Crippen molar-refractivity contribution >= 4 is 27.5 Å². The standard InChI is InChI=1S/C11H16BrN3O2/c1-8(11(13)15-16)17-7-6-14-10-5-3-2-4-9(10)12/h2-5,8,14,16H,6-7H2,1H3,(H2,13,15). The van der Waals surface area contributed by atoms with Gasteiger partial charge in [-0.1, -0.05) is 17.3 Å². The molecule has 0 aliphatic carbocycles. The van der Waals surface area contributed by atoms with Crippen LogP contribution in [0, 0.1) is 0 Å². The van der Waals surface area contributed by atoms with E-state index >= 15 is 0 Å². The van der Waals surface area contributed by atoms with E-state index in [0.717, 1.165) is 10.2 Å². The van der Waals surface area contributed by atoms with E-state index in [1.165, 1.54) is 0 Å². The Bertz CT molecular complexity index is 385. The molecule has 1 atom stereocenters. The minimum absolute atomic E-state index is 0.0749. The molecule has 4 N–H and O–H groups in total. The smallest absolute Gasteiger partial charge is 0.168 e. The Kier molecular flexibility index (Phi) is 5.79. The number of nitrogens with one attached hydrogen (secondary N) is 1. The first kappa shape index (κ1) is 13.8. The van der Waals surface area contributed by atoms with E-state index in [9.17, 15) is 0 Å². The van der Waals surface area contributed by atoms with Gasteiger partial charge in [-0.25, -0.2) is 0 Å². The normalized spacial score (nSPS) is 13.4. The van der Waals surface area contributed by atoms with Crippen LogP contribution < -0.4 is 11.1 Å².